The number of hydrogen-bond acceptors (Lipinski definition) is 3. The van der Waals surface area contributed by atoms with Gasteiger partial charge >= 0.3 is 0 Å². The van der Waals surface area contributed by atoms with Crippen molar-refractivity contribution in [3.8, 4) is 5.75 Å². The van der Waals surface area contributed by atoms with E-state index in [0.717, 1.165) is 29.8 Å². The van der Waals surface area contributed by atoms with E-state index in [-0.39, 0.29) is 6.04 Å². The van der Waals surface area contributed by atoms with Gasteiger partial charge < -0.3 is 10.1 Å². The first kappa shape index (κ1) is 16.1. The van der Waals surface area contributed by atoms with Gasteiger partial charge in [-0.1, -0.05) is 30.1 Å². The zero-order valence-electron chi connectivity index (χ0n) is 12.1. The first-order valence-corrected chi connectivity index (χ1v) is 7.59. The minimum atomic E-state index is -0.0888. The van der Waals surface area contributed by atoms with Gasteiger partial charge in [-0.25, -0.2) is 0 Å². The molecule has 0 aliphatic rings. The van der Waals surface area contributed by atoms with Crippen LogP contribution in [-0.2, 0) is 0 Å². The lowest BCUT2D eigenvalue weighted by atomic mass is 9.98. The Morgan fingerprint density at radius 1 is 1.24 bits per heavy atom. The quantitative estimate of drug-likeness (QED) is 0.850. The number of halogens is 2. The summed E-state index contributed by atoms with van der Waals surface area (Å²) < 4.78 is 5.47. The van der Waals surface area contributed by atoms with Gasteiger partial charge in [-0.15, -0.1) is 0 Å². The monoisotopic (exact) mass is 324 g/mol. The maximum absolute atomic E-state index is 6.31. The molecule has 21 heavy (non-hydrogen) atoms. The summed E-state index contributed by atoms with van der Waals surface area (Å²) in [5.74, 6) is 0.779. The van der Waals surface area contributed by atoms with Gasteiger partial charge in [0.25, 0.3) is 0 Å². The van der Waals surface area contributed by atoms with Crippen molar-refractivity contribution >= 4 is 23.2 Å². The maximum Gasteiger partial charge on any atom is 0.124 e. The first-order valence-electron chi connectivity index (χ1n) is 6.83. The topological polar surface area (TPSA) is 34.2 Å². The Morgan fingerprint density at radius 2 is 2.05 bits per heavy atom. The number of methoxy groups -OCH3 is 1. The maximum atomic E-state index is 6.31. The third-order valence-electron chi connectivity index (χ3n) is 3.22. The second-order valence-electron chi connectivity index (χ2n) is 4.67. The number of benzene rings is 1. The highest BCUT2D eigenvalue weighted by molar-refractivity contribution is 6.31. The van der Waals surface area contributed by atoms with Crippen molar-refractivity contribution in [1.82, 2.24) is 10.3 Å². The van der Waals surface area contributed by atoms with Crippen LogP contribution in [0.1, 0.15) is 30.5 Å². The van der Waals surface area contributed by atoms with Gasteiger partial charge in [-0.05, 0) is 42.8 Å². The molecule has 0 spiro atoms. The molecule has 0 aliphatic heterocycles. The minimum Gasteiger partial charge on any atom is -0.496 e. The van der Waals surface area contributed by atoms with Gasteiger partial charge in [-0.2, -0.15) is 0 Å². The predicted octanol–water partition coefficient (Wildman–Crippen LogP) is 4.49. The molecule has 0 aliphatic carbocycles. The lowest BCUT2D eigenvalue weighted by Crippen LogP contribution is -2.24. The summed E-state index contributed by atoms with van der Waals surface area (Å²) in [4.78, 5) is 4.04. The third kappa shape index (κ3) is 3.88. The van der Waals surface area contributed by atoms with Crippen LogP contribution in [0.2, 0.25) is 10.0 Å². The molecular formula is C16H18Cl2N2O. The molecule has 2 aromatic rings. The third-order valence-corrected chi connectivity index (χ3v) is 3.77. The number of hydrogen-bond donors (Lipinski definition) is 1. The number of rotatable bonds is 6. The molecule has 3 nitrogen and oxygen atoms in total. The van der Waals surface area contributed by atoms with E-state index >= 15 is 0 Å². The smallest absolute Gasteiger partial charge is 0.124 e. The van der Waals surface area contributed by atoms with Gasteiger partial charge in [0.2, 0.25) is 0 Å². The Hall–Kier alpha value is -1.29. The van der Waals surface area contributed by atoms with E-state index in [1.807, 2.05) is 24.3 Å². The molecule has 112 valence electrons. The van der Waals surface area contributed by atoms with E-state index in [4.69, 9.17) is 27.9 Å². The fourth-order valence-corrected chi connectivity index (χ4v) is 2.64. The van der Waals surface area contributed by atoms with Gasteiger partial charge in [0.15, 0.2) is 0 Å². The number of ether oxygens (including phenoxy) is 1. The molecule has 5 heteroatoms. The molecule has 1 atom stereocenters. The minimum absolute atomic E-state index is 0.0888. The average Bonchev–Trinajstić information content (AvgIpc) is 2.49. The largest absolute Gasteiger partial charge is 0.496 e. The zero-order chi connectivity index (χ0) is 15.2. The Morgan fingerprint density at radius 3 is 2.71 bits per heavy atom. The van der Waals surface area contributed by atoms with Crippen LogP contribution in [0.4, 0.5) is 0 Å². The van der Waals surface area contributed by atoms with Gasteiger partial charge in [0, 0.05) is 23.0 Å². The zero-order valence-corrected chi connectivity index (χ0v) is 13.6. The van der Waals surface area contributed by atoms with Crippen LogP contribution < -0.4 is 10.1 Å². The summed E-state index contributed by atoms with van der Waals surface area (Å²) in [5, 5.41) is 4.78. The fraction of sp³-hybridized carbons (Fsp3) is 0.312. The van der Waals surface area contributed by atoms with E-state index in [9.17, 15) is 0 Å². The molecule has 1 aromatic carbocycles. The lowest BCUT2D eigenvalue weighted by molar-refractivity contribution is 0.404. The Balaban J connectivity index is 2.50. The van der Waals surface area contributed by atoms with Crippen LogP contribution in [0.3, 0.4) is 0 Å². The van der Waals surface area contributed by atoms with Crippen molar-refractivity contribution < 1.29 is 4.74 Å². The second kappa shape index (κ2) is 7.64. The molecule has 1 heterocycles. The van der Waals surface area contributed by atoms with E-state index in [0.29, 0.717) is 10.0 Å². The van der Waals surface area contributed by atoms with Crippen molar-refractivity contribution in [2.75, 3.05) is 13.7 Å². The second-order valence-corrected chi connectivity index (χ2v) is 5.51. The van der Waals surface area contributed by atoms with Gasteiger partial charge in [0.05, 0.1) is 18.2 Å². The normalized spacial score (nSPS) is 12.2. The Bertz CT molecular complexity index is 605. The van der Waals surface area contributed by atoms with Crippen LogP contribution in [0.15, 0.2) is 36.7 Å². The van der Waals surface area contributed by atoms with Crippen LogP contribution >= 0.6 is 23.2 Å². The number of aromatic nitrogens is 1. The van der Waals surface area contributed by atoms with E-state index < -0.39 is 0 Å². The van der Waals surface area contributed by atoms with Crippen molar-refractivity contribution in [3.63, 3.8) is 0 Å². The average molecular weight is 325 g/mol. The SMILES string of the molecule is CCCNC(c1ccncc1Cl)c1cc(Cl)ccc1OC. The van der Waals surface area contributed by atoms with Gasteiger partial charge in [-0.3, -0.25) is 4.98 Å². The van der Waals surface area contributed by atoms with Crippen LogP contribution in [0, 0.1) is 0 Å². The molecule has 0 radical (unpaired) electrons. The molecular weight excluding hydrogens is 307 g/mol. The van der Waals surface area contributed by atoms with Crippen molar-refractivity contribution in [2.24, 2.45) is 0 Å². The molecule has 1 unspecified atom stereocenters. The first-order chi connectivity index (χ1) is 10.2. The lowest BCUT2D eigenvalue weighted by Gasteiger charge is -2.22. The molecule has 0 fully saturated rings. The Labute approximate surface area is 135 Å². The van der Waals surface area contributed by atoms with Crippen molar-refractivity contribution in [2.45, 2.75) is 19.4 Å². The molecule has 0 saturated carbocycles. The highest BCUT2D eigenvalue weighted by atomic mass is 35.5. The molecule has 0 amide bonds. The highest BCUT2D eigenvalue weighted by Gasteiger charge is 2.20. The summed E-state index contributed by atoms with van der Waals surface area (Å²) >= 11 is 12.5. The van der Waals surface area contributed by atoms with E-state index in [1.54, 1.807) is 19.5 Å². The summed E-state index contributed by atoms with van der Waals surface area (Å²) in [6.45, 7) is 2.98. The van der Waals surface area contributed by atoms with Gasteiger partial charge in [0.1, 0.15) is 5.75 Å². The van der Waals surface area contributed by atoms with Crippen LogP contribution in [-0.4, -0.2) is 18.6 Å². The summed E-state index contributed by atoms with van der Waals surface area (Å²) in [6, 6.07) is 7.41. The van der Waals surface area contributed by atoms with E-state index in [1.165, 1.54) is 0 Å². The molecule has 0 saturated heterocycles. The summed E-state index contributed by atoms with van der Waals surface area (Å²) in [7, 11) is 1.65. The van der Waals surface area contributed by atoms with E-state index in [2.05, 4.69) is 17.2 Å². The standard InChI is InChI=1S/C16H18Cl2N2O/c1-3-7-20-16(12-6-8-19-10-14(12)18)13-9-11(17)4-5-15(13)21-2/h4-6,8-10,16,20H,3,7H2,1-2H3. The predicted molar refractivity (Wildman–Crippen MR) is 87.4 cm³/mol. The van der Waals surface area contributed by atoms with Crippen molar-refractivity contribution in [1.29, 1.82) is 0 Å². The Kier molecular flexibility index (Phi) is 5.85. The number of nitrogens with zero attached hydrogens (tertiary/aromatic N) is 1. The summed E-state index contributed by atoms with van der Waals surface area (Å²) in [5.41, 5.74) is 1.92. The number of pyridine rings is 1. The molecule has 2 rings (SSSR count). The van der Waals surface area contributed by atoms with Crippen LogP contribution in [0.5, 0.6) is 5.75 Å². The molecule has 1 aromatic heterocycles. The summed E-state index contributed by atoms with van der Waals surface area (Å²) in [6.07, 6.45) is 4.40. The number of nitrogens with one attached hydrogen (secondary N) is 1. The molecule has 1 N–H and O–H groups in total. The fourth-order valence-electron chi connectivity index (χ4n) is 2.23. The van der Waals surface area contributed by atoms with Crippen molar-refractivity contribution in [3.05, 3.63) is 57.8 Å². The van der Waals surface area contributed by atoms with Crippen LogP contribution in [0.25, 0.3) is 0 Å². The highest BCUT2D eigenvalue weighted by Crippen LogP contribution is 2.34. The molecule has 0 bridgehead atoms.